The van der Waals surface area contributed by atoms with Gasteiger partial charge in [-0.25, -0.2) is 14.4 Å². The van der Waals surface area contributed by atoms with Gasteiger partial charge < -0.3 is 32.3 Å². The SMILES string of the molecule is O=C(O)c1cc(C[n+]2cccc(C(=O)O)c2)cc(C(=O)O)c1.[Br-]. The second-order valence-electron chi connectivity index (χ2n) is 4.60. The highest BCUT2D eigenvalue weighted by Crippen LogP contribution is 2.11. The first-order valence-corrected chi connectivity index (χ1v) is 6.20. The molecular weight excluding hydrogens is 370 g/mol. The number of aromatic nitrogens is 1. The van der Waals surface area contributed by atoms with Crippen LogP contribution in [-0.2, 0) is 6.54 Å². The Morgan fingerprint density at radius 3 is 1.87 bits per heavy atom. The molecule has 1 aromatic carbocycles. The highest BCUT2D eigenvalue weighted by atomic mass is 79.9. The van der Waals surface area contributed by atoms with Crippen LogP contribution in [0.15, 0.2) is 42.7 Å². The summed E-state index contributed by atoms with van der Waals surface area (Å²) in [5.41, 5.74) is 0.259. The Labute approximate surface area is 141 Å². The summed E-state index contributed by atoms with van der Waals surface area (Å²) in [5, 5.41) is 27.0. The first-order chi connectivity index (χ1) is 10.4. The Hall–Kier alpha value is -2.74. The number of benzene rings is 1. The van der Waals surface area contributed by atoms with E-state index in [0.29, 0.717) is 5.56 Å². The topological polar surface area (TPSA) is 116 Å². The number of pyridine rings is 1. The number of nitrogens with zero attached hydrogens (tertiary/aromatic N) is 1. The van der Waals surface area contributed by atoms with Gasteiger partial charge in [0.2, 0.25) is 0 Å². The van der Waals surface area contributed by atoms with Gasteiger partial charge in [-0.2, -0.15) is 4.57 Å². The van der Waals surface area contributed by atoms with E-state index in [9.17, 15) is 14.4 Å². The lowest BCUT2D eigenvalue weighted by Crippen LogP contribution is -3.00. The molecule has 23 heavy (non-hydrogen) atoms. The Morgan fingerprint density at radius 1 is 0.870 bits per heavy atom. The van der Waals surface area contributed by atoms with Crippen molar-refractivity contribution in [3.8, 4) is 0 Å². The minimum Gasteiger partial charge on any atom is -1.00 e. The van der Waals surface area contributed by atoms with Crippen LogP contribution in [0.4, 0.5) is 0 Å². The Kier molecular flexibility index (Phi) is 5.97. The van der Waals surface area contributed by atoms with E-state index in [0.717, 1.165) is 6.07 Å². The van der Waals surface area contributed by atoms with E-state index in [1.54, 1.807) is 12.3 Å². The maximum atomic E-state index is 11.0. The van der Waals surface area contributed by atoms with E-state index in [2.05, 4.69) is 0 Å². The fraction of sp³-hybridized carbons (Fsp3) is 0.0667. The Balaban J connectivity index is 0.00000264. The van der Waals surface area contributed by atoms with Gasteiger partial charge in [-0.1, -0.05) is 0 Å². The molecule has 1 aromatic heterocycles. The zero-order chi connectivity index (χ0) is 16.3. The van der Waals surface area contributed by atoms with Gasteiger partial charge >= 0.3 is 17.9 Å². The summed E-state index contributed by atoms with van der Waals surface area (Å²) in [5.74, 6) is -3.54. The molecule has 0 bridgehead atoms. The summed E-state index contributed by atoms with van der Waals surface area (Å²) in [7, 11) is 0. The summed E-state index contributed by atoms with van der Waals surface area (Å²) in [6.45, 7) is 0.155. The van der Waals surface area contributed by atoms with Gasteiger partial charge in [-0.3, -0.25) is 0 Å². The largest absolute Gasteiger partial charge is 1.00 e. The molecule has 2 rings (SSSR count). The van der Waals surface area contributed by atoms with E-state index in [1.165, 1.54) is 29.0 Å². The Morgan fingerprint density at radius 2 is 1.39 bits per heavy atom. The summed E-state index contributed by atoms with van der Waals surface area (Å²) < 4.78 is 1.54. The number of rotatable bonds is 5. The molecule has 0 amide bonds. The van der Waals surface area contributed by atoms with Crippen LogP contribution >= 0.6 is 0 Å². The number of halogens is 1. The molecule has 0 saturated carbocycles. The minimum absolute atomic E-state index is 0. The van der Waals surface area contributed by atoms with E-state index in [4.69, 9.17) is 15.3 Å². The quantitative estimate of drug-likeness (QED) is 0.522. The summed E-state index contributed by atoms with van der Waals surface area (Å²) >= 11 is 0. The second kappa shape index (κ2) is 7.50. The van der Waals surface area contributed by atoms with Crippen molar-refractivity contribution in [1.82, 2.24) is 0 Å². The number of carboxylic acids is 3. The molecule has 120 valence electrons. The third kappa shape index (κ3) is 4.62. The molecule has 8 heteroatoms. The number of hydrogen-bond acceptors (Lipinski definition) is 3. The smallest absolute Gasteiger partial charge is 0.341 e. The summed E-state index contributed by atoms with van der Waals surface area (Å²) in [4.78, 5) is 33.0. The zero-order valence-corrected chi connectivity index (χ0v) is 13.2. The summed E-state index contributed by atoms with van der Waals surface area (Å²) in [6, 6.07) is 6.76. The Bertz CT molecular complexity index is 742. The molecule has 2 aromatic rings. The molecule has 0 aliphatic heterocycles. The van der Waals surface area contributed by atoms with Crippen LogP contribution in [0.1, 0.15) is 36.6 Å². The molecular formula is C15H12BrNO6. The number of hydrogen-bond donors (Lipinski definition) is 3. The van der Waals surface area contributed by atoms with Crippen molar-refractivity contribution in [3.63, 3.8) is 0 Å². The predicted octanol–water partition coefficient (Wildman–Crippen LogP) is -1.88. The molecule has 7 nitrogen and oxygen atoms in total. The number of carbonyl (C=O) groups is 3. The second-order valence-corrected chi connectivity index (χ2v) is 4.60. The lowest BCUT2D eigenvalue weighted by atomic mass is 10.1. The van der Waals surface area contributed by atoms with Crippen LogP contribution in [0.3, 0.4) is 0 Å². The molecule has 3 N–H and O–H groups in total. The van der Waals surface area contributed by atoms with Gasteiger partial charge in [0, 0.05) is 11.6 Å². The van der Waals surface area contributed by atoms with Crippen LogP contribution in [0, 0.1) is 0 Å². The van der Waals surface area contributed by atoms with E-state index in [-0.39, 0.29) is 40.2 Å². The molecule has 1 heterocycles. The van der Waals surface area contributed by atoms with Gasteiger partial charge in [0.1, 0.15) is 5.56 Å². The lowest BCUT2D eigenvalue weighted by Gasteiger charge is -2.03. The third-order valence-electron chi connectivity index (χ3n) is 2.96. The minimum atomic E-state index is -1.23. The highest BCUT2D eigenvalue weighted by molar-refractivity contribution is 5.94. The average molecular weight is 382 g/mol. The van der Waals surface area contributed by atoms with Gasteiger partial charge in [-0.05, 0) is 24.3 Å². The van der Waals surface area contributed by atoms with Crippen molar-refractivity contribution >= 4 is 17.9 Å². The highest BCUT2D eigenvalue weighted by Gasteiger charge is 2.15. The maximum absolute atomic E-state index is 11.0. The van der Waals surface area contributed by atoms with Crippen LogP contribution in [0.5, 0.6) is 0 Å². The third-order valence-corrected chi connectivity index (χ3v) is 2.96. The van der Waals surface area contributed by atoms with Gasteiger partial charge in [0.05, 0.1) is 11.1 Å². The fourth-order valence-electron chi connectivity index (χ4n) is 1.99. The monoisotopic (exact) mass is 381 g/mol. The molecule has 0 atom stereocenters. The number of aromatic carboxylic acids is 3. The molecule has 0 saturated heterocycles. The average Bonchev–Trinajstić information content (AvgIpc) is 2.47. The number of carboxylic acid groups (broad SMARTS) is 3. The lowest BCUT2D eigenvalue weighted by molar-refractivity contribution is -0.688. The van der Waals surface area contributed by atoms with Crippen molar-refractivity contribution < 1.29 is 51.3 Å². The standard InChI is InChI=1S/C15H11NO6.BrH/c17-13(18)10-2-1-3-16(8-10)7-9-4-11(14(19)20)6-12(5-9)15(21)22;/h1-6,8H,7H2,(H2-,17,18,19,20,21,22);1H. The van der Waals surface area contributed by atoms with Crippen molar-refractivity contribution in [2.75, 3.05) is 0 Å². The van der Waals surface area contributed by atoms with Crippen LogP contribution < -0.4 is 21.5 Å². The van der Waals surface area contributed by atoms with Crippen molar-refractivity contribution in [2.45, 2.75) is 6.54 Å². The fourth-order valence-corrected chi connectivity index (χ4v) is 1.99. The van der Waals surface area contributed by atoms with Gasteiger partial charge in [0.25, 0.3) is 0 Å². The van der Waals surface area contributed by atoms with Crippen molar-refractivity contribution in [1.29, 1.82) is 0 Å². The molecule has 0 aliphatic carbocycles. The van der Waals surface area contributed by atoms with Crippen LogP contribution in [0.2, 0.25) is 0 Å². The molecule has 0 aliphatic rings. The zero-order valence-electron chi connectivity index (χ0n) is 11.6. The van der Waals surface area contributed by atoms with Crippen LogP contribution in [0.25, 0.3) is 0 Å². The predicted molar refractivity (Wildman–Crippen MR) is 73.1 cm³/mol. The van der Waals surface area contributed by atoms with Crippen molar-refractivity contribution in [2.24, 2.45) is 0 Å². The van der Waals surface area contributed by atoms with Crippen LogP contribution in [-0.4, -0.2) is 33.2 Å². The molecule has 0 spiro atoms. The first kappa shape index (κ1) is 18.3. The van der Waals surface area contributed by atoms with Gasteiger partial charge in [-0.15, -0.1) is 0 Å². The van der Waals surface area contributed by atoms with E-state index in [1.807, 2.05) is 0 Å². The van der Waals surface area contributed by atoms with E-state index >= 15 is 0 Å². The van der Waals surface area contributed by atoms with Gasteiger partial charge in [0.15, 0.2) is 18.9 Å². The van der Waals surface area contributed by atoms with Crippen molar-refractivity contribution in [3.05, 3.63) is 65.0 Å². The molecule has 0 radical (unpaired) electrons. The maximum Gasteiger partial charge on any atom is 0.341 e. The normalized spacial score (nSPS) is 9.74. The molecule has 0 unspecified atom stereocenters. The first-order valence-electron chi connectivity index (χ1n) is 6.20. The summed E-state index contributed by atoms with van der Waals surface area (Å²) in [6.07, 6.45) is 3.00. The van der Waals surface area contributed by atoms with E-state index < -0.39 is 17.9 Å². The molecule has 0 fully saturated rings.